The first-order chi connectivity index (χ1) is 22.0. The summed E-state index contributed by atoms with van der Waals surface area (Å²) < 4.78 is 13.5. The third-order valence-electron chi connectivity index (χ3n) is 8.21. The molecule has 0 atom stereocenters. The number of hydrogen-bond donors (Lipinski definition) is 0. The molecule has 5 rings (SSSR count). The van der Waals surface area contributed by atoms with Crippen LogP contribution in [-0.2, 0) is 36.3 Å². The first kappa shape index (κ1) is 32.5. The number of esters is 1. The van der Waals surface area contributed by atoms with E-state index < -0.39 is 0 Å². The molecule has 0 bridgehead atoms. The van der Waals surface area contributed by atoms with Gasteiger partial charge in [0.05, 0.1) is 30.7 Å². The molecule has 0 saturated carbocycles. The van der Waals surface area contributed by atoms with Crippen molar-refractivity contribution in [3.05, 3.63) is 107 Å². The van der Waals surface area contributed by atoms with E-state index in [4.69, 9.17) is 14.5 Å². The van der Waals surface area contributed by atoms with Crippen molar-refractivity contribution in [3.8, 4) is 16.2 Å². The minimum atomic E-state index is -0.223. The van der Waals surface area contributed by atoms with Crippen LogP contribution in [0.5, 0.6) is 5.75 Å². The van der Waals surface area contributed by atoms with E-state index in [-0.39, 0.29) is 12.5 Å². The second-order valence-electron chi connectivity index (χ2n) is 11.6. The monoisotopic (exact) mass is 623 g/mol. The molecule has 2 heterocycles. The maximum atomic E-state index is 12.5. The number of hydrogen-bond acceptors (Lipinski definition) is 6. The van der Waals surface area contributed by atoms with Crippen LogP contribution >= 0.6 is 11.3 Å². The summed E-state index contributed by atoms with van der Waals surface area (Å²) in [5.74, 6) is 2.24. The lowest BCUT2D eigenvalue weighted by Crippen LogP contribution is -2.31. The van der Waals surface area contributed by atoms with E-state index in [0.717, 1.165) is 28.2 Å². The summed E-state index contributed by atoms with van der Waals surface area (Å²) in [5, 5.41) is 0. The van der Waals surface area contributed by atoms with Gasteiger partial charge < -0.3 is 14.0 Å². The highest BCUT2D eigenvalue weighted by Gasteiger charge is 2.18. The number of aryl methyl sites for hydroxylation is 1. The fourth-order valence-electron chi connectivity index (χ4n) is 5.87. The minimum Gasteiger partial charge on any atom is -0.489 e. The Morgan fingerprint density at radius 1 is 0.889 bits per heavy atom. The summed E-state index contributed by atoms with van der Waals surface area (Å²) in [6, 6.07) is 29.7. The largest absolute Gasteiger partial charge is 0.489 e. The van der Waals surface area contributed by atoms with E-state index in [1.54, 1.807) is 11.3 Å². The van der Waals surface area contributed by atoms with Crippen molar-refractivity contribution in [3.63, 3.8) is 0 Å². The number of thiophene rings is 1. The quantitative estimate of drug-likeness (QED) is 0.103. The number of nitrogens with zero attached hydrogens (tertiary/aromatic N) is 3. The molecule has 0 N–H and O–H groups in total. The maximum absolute atomic E-state index is 12.5. The molecule has 0 unspecified atom stereocenters. The summed E-state index contributed by atoms with van der Waals surface area (Å²) in [5.41, 5.74) is 5.76. The van der Waals surface area contributed by atoms with E-state index >= 15 is 0 Å². The third-order valence-corrected chi connectivity index (χ3v) is 9.33. The SMILES string of the molecule is CCCC(CCC)c1ccc(OCc2ccc(-c3ccc(CN(CC(=O)OCC)Cc4nc5ccccc5n4C)s3)cc2)cc1. The molecule has 0 fully saturated rings. The Kier molecular flexibility index (Phi) is 11.4. The lowest BCUT2D eigenvalue weighted by Gasteiger charge is -2.20. The molecule has 3 aromatic carbocycles. The number of carbonyl (C=O) groups is 1. The van der Waals surface area contributed by atoms with E-state index in [2.05, 4.69) is 90.0 Å². The Morgan fingerprint density at radius 3 is 2.31 bits per heavy atom. The fourth-order valence-corrected chi connectivity index (χ4v) is 6.93. The van der Waals surface area contributed by atoms with Crippen LogP contribution in [0.25, 0.3) is 21.5 Å². The lowest BCUT2D eigenvalue weighted by molar-refractivity contribution is -0.144. The molecule has 7 heteroatoms. The van der Waals surface area contributed by atoms with Gasteiger partial charge in [-0.1, -0.05) is 75.2 Å². The van der Waals surface area contributed by atoms with E-state index in [9.17, 15) is 4.79 Å². The minimum absolute atomic E-state index is 0.208. The van der Waals surface area contributed by atoms with Crippen LogP contribution in [0.4, 0.5) is 0 Å². The van der Waals surface area contributed by atoms with Crippen molar-refractivity contribution in [1.82, 2.24) is 14.5 Å². The summed E-state index contributed by atoms with van der Waals surface area (Å²) in [6.07, 6.45) is 4.90. The zero-order chi connectivity index (χ0) is 31.6. The topological polar surface area (TPSA) is 56.6 Å². The van der Waals surface area contributed by atoms with Gasteiger partial charge in [0.15, 0.2) is 0 Å². The van der Waals surface area contributed by atoms with Crippen LogP contribution in [-0.4, -0.2) is 33.6 Å². The average Bonchev–Trinajstić information content (AvgIpc) is 3.64. The van der Waals surface area contributed by atoms with Gasteiger partial charge in [0.1, 0.15) is 18.2 Å². The third kappa shape index (κ3) is 8.62. The van der Waals surface area contributed by atoms with Gasteiger partial charge in [-0.3, -0.25) is 9.69 Å². The Balaban J connectivity index is 1.21. The fraction of sp³-hybridized carbons (Fsp3) is 0.368. The van der Waals surface area contributed by atoms with Crippen molar-refractivity contribution < 1.29 is 14.3 Å². The van der Waals surface area contributed by atoms with Crippen molar-refractivity contribution in [1.29, 1.82) is 0 Å². The summed E-state index contributed by atoms with van der Waals surface area (Å²) in [7, 11) is 2.03. The van der Waals surface area contributed by atoms with E-state index in [1.807, 2.05) is 32.2 Å². The molecule has 0 radical (unpaired) electrons. The predicted octanol–water partition coefficient (Wildman–Crippen LogP) is 9.13. The summed E-state index contributed by atoms with van der Waals surface area (Å²) in [4.78, 5) is 21.8. The zero-order valence-corrected chi connectivity index (χ0v) is 27.8. The molecule has 0 spiro atoms. The van der Waals surface area contributed by atoms with Gasteiger partial charge in [0.2, 0.25) is 0 Å². The first-order valence-corrected chi connectivity index (χ1v) is 17.0. The van der Waals surface area contributed by atoms with Crippen molar-refractivity contribution in [2.75, 3.05) is 13.2 Å². The van der Waals surface area contributed by atoms with Gasteiger partial charge in [-0.15, -0.1) is 11.3 Å². The van der Waals surface area contributed by atoms with Gasteiger partial charge in [0, 0.05) is 23.3 Å². The average molecular weight is 624 g/mol. The lowest BCUT2D eigenvalue weighted by atomic mass is 9.90. The first-order valence-electron chi connectivity index (χ1n) is 16.2. The smallest absolute Gasteiger partial charge is 0.320 e. The van der Waals surface area contributed by atoms with E-state index in [0.29, 0.717) is 32.2 Å². The molecule has 2 aromatic heterocycles. The molecule has 0 amide bonds. The Bertz CT molecular complexity index is 1650. The van der Waals surface area contributed by atoms with Crippen LogP contribution in [0.3, 0.4) is 0 Å². The molecular formula is C38H45N3O3S. The van der Waals surface area contributed by atoms with E-state index in [1.165, 1.54) is 46.6 Å². The maximum Gasteiger partial charge on any atom is 0.320 e. The molecular weight excluding hydrogens is 579 g/mol. The molecule has 0 aliphatic heterocycles. The number of para-hydroxylation sites is 2. The second kappa shape index (κ2) is 15.9. The number of carbonyl (C=O) groups excluding carboxylic acids is 1. The van der Waals surface area contributed by atoms with Crippen molar-refractivity contribution in [2.45, 2.75) is 72.1 Å². The zero-order valence-electron chi connectivity index (χ0n) is 27.0. The van der Waals surface area contributed by atoms with Crippen LogP contribution < -0.4 is 4.74 Å². The predicted molar refractivity (Wildman–Crippen MR) is 185 cm³/mol. The number of fused-ring (bicyclic) bond motifs is 1. The van der Waals surface area contributed by atoms with Crippen LogP contribution in [0.1, 0.15) is 74.2 Å². The molecule has 0 aliphatic carbocycles. The van der Waals surface area contributed by atoms with Gasteiger partial charge >= 0.3 is 5.97 Å². The molecule has 5 aromatic rings. The molecule has 236 valence electrons. The molecule has 45 heavy (non-hydrogen) atoms. The highest BCUT2D eigenvalue weighted by Crippen LogP contribution is 2.31. The summed E-state index contributed by atoms with van der Waals surface area (Å²) >= 11 is 1.75. The van der Waals surface area contributed by atoms with Gasteiger partial charge in [0.25, 0.3) is 0 Å². The van der Waals surface area contributed by atoms with Crippen LogP contribution in [0.2, 0.25) is 0 Å². The number of rotatable bonds is 16. The number of imidazole rings is 1. The normalized spacial score (nSPS) is 11.5. The standard InChI is InChI=1S/C38H45N3O3S/c1-5-10-29(11-6-2)30-18-20-32(21-19-30)44-27-28-14-16-31(17-15-28)36-23-22-33(45-36)24-41(26-38(42)43-7-3)25-37-39-34-12-8-9-13-35(34)40(37)4/h8-9,12-23,29H,5-7,10-11,24-27H2,1-4H3. The number of ether oxygens (including phenoxy) is 2. The van der Waals surface area contributed by atoms with Crippen molar-refractivity contribution in [2.24, 2.45) is 7.05 Å². The van der Waals surface area contributed by atoms with Gasteiger partial charge in [-0.2, -0.15) is 0 Å². The number of aromatic nitrogens is 2. The molecule has 0 saturated heterocycles. The highest BCUT2D eigenvalue weighted by atomic mass is 32.1. The second-order valence-corrected chi connectivity index (χ2v) is 12.8. The Labute approximate surface area is 271 Å². The Morgan fingerprint density at radius 2 is 1.62 bits per heavy atom. The van der Waals surface area contributed by atoms with Crippen LogP contribution in [0.15, 0.2) is 84.9 Å². The van der Waals surface area contributed by atoms with Gasteiger partial charge in [-0.25, -0.2) is 4.98 Å². The van der Waals surface area contributed by atoms with Crippen molar-refractivity contribution >= 4 is 28.3 Å². The Hall–Kier alpha value is -3.94. The van der Waals surface area contributed by atoms with Gasteiger partial charge in [-0.05, 0) is 78.8 Å². The summed E-state index contributed by atoms with van der Waals surface area (Å²) in [6.45, 7) is 8.66. The highest BCUT2D eigenvalue weighted by molar-refractivity contribution is 7.15. The van der Waals surface area contributed by atoms with Crippen LogP contribution in [0, 0.1) is 0 Å². The molecule has 6 nitrogen and oxygen atoms in total. The number of benzene rings is 3. The molecule has 0 aliphatic rings.